The molecule has 6 heteroatoms. The Bertz CT molecular complexity index is 741. The lowest BCUT2D eigenvalue weighted by Crippen LogP contribution is -2.35. The first-order valence-corrected chi connectivity index (χ1v) is 7.96. The van der Waals surface area contributed by atoms with E-state index in [9.17, 15) is 9.59 Å². The largest absolute Gasteiger partial charge is 0.469 e. The number of rotatable bonds is 4. The fraction of sp³-hybridized carbons (Fsp3) is 0.389. The number of hydrogen-bond acceptors (Lipinski definition) is 4. The molecule has 24 heavy (non-hydrogen) atoms. The number of carbonyl (C=O) groups excluding carboxylic acids is 2. The molecule has 1 atom stereocenters. The molecule has 0 unspecified atom stereocenters. The van der Waals surface area contributed by atoms with Crippen molar-refractivity contribution in [2.75, 3.05) is 20.2 Å². The summed E-state index contributed by atoms with van der Waals surface area (Å²) in [5, 5.41) is 4.27. The summed E-state index contributed by atoms with van der Waals surface area (Å²) in [6.45, 7) is 3.38. The molecule has 3 rings (SSSR count). The van der Waals surface area contributed by atoms with Gasteiger partial charge in [-0.15, -0.1) is 0 Å². The second-order valence-corrected chi connectivity index (χ2v) is 6.44. The number of likely N-dealkylation sites (tertiary alicyclic amines) is 1. The molecule has 1 aliphatic heterocycles. The number of aromatic nitrogens is 2. The highest BCUT2D eigenvalue weighted by molar-refractivity contribution is 5.94. The summed E-state index contributed by atoms with van der Waals surface area (Å²) in [5.74, 6) is -0.362. The zero-order valence-corrected chi connectivity index (χ0v) is 13.9. The second-order valence-electron chi connectivity index (χ2n) is 6.44. The molecule has 1 saturated heterocycles. The fourth-order valence-corrected chi connectivity index (χ4v) is 3.06. The molecule has 0 spiro atoms. The maximum absolute atomic E-state index is 12.6. The van der Waals surface area contributed by atoms with Crippen molar-refractivity contribution in [3.05, 3.63) is 53.9 Å². The molecule has 0 aliphatic carbocycles. The molecule has 1 aromatic heterocycles. The molecule has 2 aromatic rings. The standard InChI is InChI=1S/C18H21N3O3/c1-18(17(23)24-2)8-9-20(13-18)16(22)15-10-19-21(12-15)11-14-6-4-3-5-7-14/h3-7,10,12H,8-9,11,13H2,1-2H3/t18-/m0/s1. The molecule has 0 bridgehead atoms. The Labute approximate surface area is 141 Å². The number of methoxy groups -OCH3 is 1. The van der Waals surface area contributed by atoms with Crippen LogP contribution in [0.2, 0.25) is 0 Å². The average molecular weight is 327 g/mol. The van der Waals surface area contributed by atoms with Crippen LogP contribution in [0.15, 0.2) is 42.7 Å². The van der Waals surface area contributed by atoms with Crippen LogP contribution in [0.4, 0.5) is 0 Å². The Balaban J connectivity index is 1.67. The highest BCUT2D eigenvalue weighted by Gasteiger charge is 2.43. The van der Waals surface area contributed by atoms with Gasteiger partial charge in [-0.05, 0) is 18.9 Å². The van der Waals surface area contributed by atoms with E-state index < -0.39 is 5.41 Å². The van der Waals surface area contributed by atoms with E-state index in [0.29, 0.717) is 31.6 Å². The normalized spacial score (nSPS) is 20.2. The lowest BCUT2D eigenvalue weighted by molar-refractivity contribution is -0.150. The highest BCUT2D eigenvalue weighted by atomic mass is 16.5. The molecule has 0 radical (unpaired) electrons. The number of amides is 1. The molecule has 0 N–H and O–H groups in total. The maximum atomic E-state index is 12.6. The summed E-state index contributed by atoms with van der Waals surface area (Å²) >= 11 is 0. The van der Waals surface area contributed by atoms with Crippen molar-refractivity contribution in [3.8, 4) is 0 Å². The molecule has 6 nitrogen and oxygen atoms in total. The molecule has 126 valence electrons. The van der Waals surface area contributed by atoms with E-state index in [1.165, 1.54) is 7.11 Å². The Kier molecular flexibility index (Phi) is 4.38. The third-order valence-corrected chi connectivity index (χ3v) is 4.51. The van der Waals surface area contributed by atoms with Gasteiger partial charge in [-0.25, -0.2) is 0 Å². The molecular weight excluding hydrogens is 306 g/mol. The van der Waals surface area contributed by atoms with Gasteiger partial charge in [0.15, 0.2) is 0 Å². The monoisotopic (exact) mass is 327 g/mol. The van der Waals surface area contributed by atoms with Crippen molar-refractivity contribution in [1.29, 1.82) is 0 Å². The number of carbonyl (C=O) groups is 2. The minimum atomic E-state index is -0.621. The first-order valence-electron chi connectivity index (χ1n) is 7.96. The van der Waals surface area contributed by atoms with Gasteiger partial charge in [-0.2, -0.15) is 5.10 Å². The Hall–Kier alpha value is -2.63. The van der Waals surface area contributed by atoms with Crippen LogP contribution in [0.3, 0.4) is 0 Å². The summed E-state index contributed by atoms with van der Waals surface area (Å²) in [5.41, 5.74) is 1.05. The van der Waals surface area contributed by atoms with Gasteiger partial charge in [-0.3, -0.25) is 14.3 Å². The Morgan fingerprint density at radius 3 is 2.75 bits per heavy atom. The van der Waals surface area contributed by atoms with E-state index >= 15 is 0 Å². The fourth-order valence-electron chi connectivity index (χ4n) is 3.06. The minimum Gasteiger partial charge on any atom is -0.469 e. The molecule has 1 amide bonds. The zero-order chi connectivity index (χ0) is 17.2. The van der Waals surface area contributed by atoms with Crippen LogP contribution < -0.4 is 0 Å². The van der Waals surface area contributed by atoms with Gasteiger partial charge >= 0.3 is 5.97 Å². The van der Waals surface area contributed by atoms with Gasteiger partial charge in [0.2, 0.25) is 0 Å². The van der Waals surface area contributed by atoms with Crippen LogP contribution in [-0.2, 0) is 16.1 Å². The average Bonchev–Trinajstić information content (AvgIpc) is 3.22. The summed E-state index contributed by atoms with van der Waals surface area (Å²) in [6, 6.07) is 9.95. The van der Waals surface area contributed by atoms with E-state index in [1.54, 1.807) is 22.0 Å². The van der Waals surface area contributed by atoms with Gasteiger partial charge < -0.3 is 9.64 Å². The maximum Gasteiger partial charge on any atom is 0.313 e. The second kappa shape index (κ2) is 6.47. The van der Waals surface area contributed by atoms with Crippen LogP contribution in [0.25, 0.3) is 0 Å². The highest BCUT2D eigenvalue weighted by Crippen LogP contribution is 2.31. The SMILES string of the molecule is COC(=O)[C@@]1(C)CCN(C(=O)c2cnn(Cc3ccccc3)c2)C1. The van der Waals surface area contributed by atoms with Crippen LogP contribution in [0.1, 0.15) is 29.3 Å². The van der Waals surface area contributed by atoms with E-state index in [4.69, 9.17) is 4.74 Å². The lowest BCUT2D eigenvalue weighted by Gasteiger charge is -2.21. The van der Waals surface area contributed by atoms with Gasteiger partial charge in [0, 0.05) is 19.3 Å². The first-order chi connectivity index (χ1) is 11.5. The van der Waals surface area contributed by atoms with E-state index in [2.05, 4.69) is 5.10 Å². The molecule has 0 saturated carbocycles. The van der Waals surface area contributed by atoms with Crippen molar-refractivity contribution in [2.45, 2.75) is 19.9 Å². The number of ether oxygens (including phenoxy) is 1. The lowest BCUT2D eigenvalue weighted by atomic mass is 9.90. The van der Waals surface area contributed by atoms with E-state index in [1.807, 2.05) is 37.3 Å². The van der Waals surface area contributed by atoms with Crippen molar-refractivity contribution in [1.82, 2.24) is 14.7 Å². The van der Waals surface area contributed by atoms with Crippen molar-refractivity contribution < 1.29 is 14.3 Å². The predicted molar refractivity (Wildman–Crippen MR) is 88.4 cm³/mol. The van der Waals surface area contributed by atoms with E-state index in [-0.39, 0.29) is 11.9 Å². The number of nitrogens with zero attached hydrogens (tertiary/aromatic N) is 3. The van der Waals surface area contributed by atoms with Crippen molar-refractivity contribution >= 4 is 11.9 Å². The van der Waals surface area contributed by atoms with Gasteiger partial charge in [-0.1, -0.05) is 30.3 Å². The minimum absolute atomic E-state index is 0.0954. The zero-order valence-electron chi connectivity index (χ0n) is 13.9. The summed E-state index contributed by atoms with van der Waals surface area (Å²) in [6.07, 6.45) is 3.95. The van der Waals surface area contributed by atoms with Crippen LogP contribution in [0, 0.1) is 5.41 Å². The summed E-state index contributed by atoms with van der Waals surface area (Å²) in [4.78, 5) is 26.2. The third kappa shape index (κ3) is 3.18. The number of benzene rings is 1. The topological polar surface area (TPSA) is 64.4 Å². The summed E-state index contributed by atoms with van der Waals surface area (Å²) < 4.78 is 6.60. The first kappa shape index (κ1) is 16.2. The van der Waals surface area contributed by atoms with Crippen LogP contribution in [-0.4, -0.2) is 46.8 Å². The van der Waals surface area contributed by atoms with Crippen molar-refractivity contribution in [3.63, 3.8) is 0 Å². The Morgan fingerprint density at radius 2 is 2.04 bits per heavy atom. The van der Waals surface area contributed by atoms with Crippen molar-refractivity contribution in [2.24, 2.45) is 5.41 Å². The Morgan fingerprint density at radius 1 is 1.29 bits per heavy atom. The molecule has 1 aromatic carbocycles. The molecule has 1 fully saturated rings. The van der Waals surface area contributed by atoms with Crippen LogP contribution >= 0.6 is 0 Å². The molecule has 1 aliphatic rings. The number of hydrogen-bond donors (Lipinski definition) is 0. The third-order valence-electron chi connectivity index (χ3n) is 4.51. The molecule has 2 heterocycles. The molecular formula is C18H21N3O3. The quantitative estimate of drug-likeness (QED) is 0.805. The summed E-state index contributed by atoms with van der Waals surface area (Å²) in [7, 11) is 1.38. The van der Waals surface area contributed by atoms with Gasteiger partial charge in [0.25, 0.3) is 5.91 Å². The van der Waals surface area contributed by atoms with E-state index in [0.717, 1.165) is 5.56 Å². The predicted octanol–water partition coefficient (Wildman–Crippen LogP) is 1.96. The van der Waals surface area contributed by atoms with Gasteiger partial charge in [0.05, 0.1) is 30.8 Å². The smallest absolute Gasteiger partial charge is 0.313 e. The van der Waals surface area contributed by atoms with Crippen LogP contribution in [0.5, 0.6) is 0 Å². The number of esters is 1. The van der Waals surface area contributed by atoms with Gasteiger partial charge in [0.1, 0.15) is 0 Å².